The maximum absolute atomic E-state index is 12.9. The number of aryl methyl sites for hydroxylation is 1. The number of rotatable bonds is 3. The highest BCUT2D eigenvalue weighted by atomic mass is 19.4. The average molecular weight is 422 g/mol. The van der Waals surface area contributed by atoms with E-state index >= 15 is 0 Å². The summed E-state index contributed by atoms with van der Waals surface area (Å²) >= 11 is 0. The number of alkyl halides is 3. The third kappa shape index (κ3) is 4.03. The van der Waals surface area contributed by atoms with Crippen LogP contribution >= 0.6 is 0 Å². The maximum atomic E-state index is 12.9. The minimum absolute atomic E-state index is 0.0454. The Balaban J connectivity index is 1.35. The Morgan fingerprint density at radius 1 is 1.13 bits per heavy atom. The molecule has 160 valence electrons. The van der Waals surface area contributed by atoms with E-state index in [1.165, 1.54) is 0 Å². The summed E-state index contributed by atoms with van der Waals surface area (Å²) in [4.78, 5) is 28.6. The van der Waals surface area contributed by atoms with Crippen LogP contribution in [-0.4, -0.2) is 46.5 Å². The van der Waals surface area contributed by atoms with Crippen LogP contribution in [0.25, 0.3) is 0 Å². The molecule has 2 fully saturated rings. The van der Waals surface area contributed by atoms with E-state index in [0.29, 0.717) is 32.5 Å². The Bertz CT molecular complexity index is 934. The number of benzene rings is 1. The lowest BCUT2D eigenvalue weighted by molar-refractivity contribution is -0.157. The maximum Gasteiger partial charge on any atom is 0.470 e. The Kier molecular flexibility index (Phi) is 5.25. The zero-order valence-electron chi connectivity index (χ0n) is 16.4. The van der Waals surface area contributed by atoms with Crippen molar-refractivity contribution in [1.82, 2.24) is 15.1 Å². The second-order valence-corrected chi connectivity index (χ2v) is 7.78. The minimum Gasteiger partial charge on any atom is -0.417 e. The van der Waals surface area contributed by atoms with Crippen LogP contribution in [0.5, 0.6) is 0 Å². The fourth-order valence-corrected chi connectivity index (χ4v) is 3.97. The number of nitrogens with zero attached hydrogens (tertiary/aromatic N) is 4. The third-order valence-electron chi connectivity index (χ3n) is 5.66. The van der Waals surface area contributed by atoms with Crippen molar-refractivity contribution in [3.05, 3.63) is 41.6 Å². The van der Waals surface area contributed by atoms with E-state index in [2.05, 4.69) is 10.2 Å². The fraction of sp³-hybridized carbons (Fsp3) is 0.500. The molecule has 4 rings (SSSR count). The lowest BCUT2D eigenvalue weighted by Crippen LogP contribution is -2.42. The molecule has 1 unspecified atom stereocenters. The van der Waals surface area contributed by atoms with Crippen LogP contribution in [0.15, 0.2) is 28.7 Å². The summed E-state index contributed by atoms with van der Waals surface area (Å²) in [5.74, 6) is -2.31. The predicted octanol–water partition coefficient (Wildman–Crippen LogP) is 3.16. The van der Waals surface area contributed by atoms with Gasteiger partial charge in [-0.3, -0.25) is 9.59 Å². The lowest BCUT2D eigenvalue weighted by atomic mass is 9.95. The molecule has 0 spiro atoms. The number of carbonyl (C=O) groups excluding carboxylic acids is 2. The number of hydrogen-bond donors (Lipinski definition) is 0. The van der Waals surface area contributed by atoms with Crippen molar-refractivity contribution >= 4 is 17.5 Å². The average Bonchev–Trinajstić information content (AvgIpc) is 3.35. The van der Waals surface area contributed by atoms with Gasteiger partial charge in [-0.05, 0) is 31.9 Å². The molecule has 0 aliphatic carbocycles. The van der Waals surface area contributed by atoms with Gasteiger partial charge in [0.05, 0.1) is 5.92 Å². The molecule has 2 amide bonds. The number of amides is 2. The lowest BCUT2D eigenvalue weighted by Gasteiger charge is -2.32. The molecule has 2 aliphatic heterocycles. The van der Waals surface area contributed by atoms with Crippen molar-refractivity contribution in [3.8, 4) is 0 Å². The number of carbonyl (C=O) groups is 2. The van der Waals surface area contributed by atoms with Gasteiger partial charge in [0.1, 0.15) is 0 Å². The molecule has 0 saturated carbocycles. The zero-order valence-corrected chi connectivity index (χ0v) is 16.4. The highest BCUT2D eigenvalue weighted by Crippen LogP contribution is 2.33. The molecule has 2 saturated heterocycles. The first-order valence-corrected chi connectivity index (χ1v) is 9.79. The topological polar surface area (TPSA) is 79.5 Å². The van der Waals surface area contributed by atoms with Gasteiger partial charge in [-0.15, -0.1) is 10.2 Å². The molecule has 1 aromatic carbocycles. The van der Waals surface area contributed by atoms with Crippen LogP contribution in [0.3, 0.4) is 0 Å². The van der Waals surface area contributed by atoms with Crippen LogP contribution in [-0.2, 0) is 15.8 Å². The summed E-state index contributed by atoms with van der Waals surface area (Å²) in [6, 6.07) is 7.57. The van der Waals surface area contributed by atoms with Gasteiger partial charge in [0.15, 0.2) is 0 Å². The predicted molar refractivity (Wildman–Crippen MR) is 99.5 cm³/mol. The zero-order chi connectivity index (χ0) is 21.5. The summed E-state index contributed by atoms with van der Waals surface area (Å²) < 4.78 is 42.7. The Morgan fingerprint density at radius 3 is 2.40 bits per heavy atom. The SMILES string of the molecule is Cc1ccc(N2CC(C(=O)N3CCC(c4nnc(C(F)(F)F)o4)CC3)CC2=O)cc1. The normalized spacial score (nSPS) is 20.8. The molecule has 0 N–H and O–H groups in total. The molecular formula is C20H21F3N4O3. The van der Waals surface area contributed by atoms with Crippen molar-refractivity contribution in [1.29, 1.82) is 0 Å². The number of piperidine rings is 1. The number of halogens is 3. The first kappa shape index (κ1) is 20.4. The first-order chi connectivity index (χ1) is 14.2. The number of hydrogen-bond acceptors (Lipinski definition) is 5. The molecule has 1 aromatic heterocycles. The van der Waals surface area contributed by atoms with E-state index in [1.54, 1.807) is 9.80 Å². The first-order valence-electron chi connectivity index (χ1n) is 9.79. The molecule has 10 heteroatoms. The fourth-order valence-electron chi connectivity index (χ4n) is 3.97. The smallest absolute Gasteiger partial charge is 0.417 e. The van der Waals surface area contributed by atoms with Crippen LogP contribution in [0, 0.1) is 12.8 Å². The highest BCUT2D eigenvalue weighted by molar-refractivity contribution is 6.00. The number of likely N-dealkylation sites (tertiary alicyclic amines) is 1. The second kappa shape index (κ2) is 7.73. The summed E-state index contributed by atoms with van der Waals surface area (Å²) in [7, 11) is 0. The van der Waals surface area contributed by atoms with Gasteiger partial charge >= 0.3 is 12.1 Å². The van der Waals surface area contributed by atoms with Crippen molar-refractivity contribution in [2.75, 3.05) is 24.5 Å². The van der Waals surface area contributed by atoms with Crippen LogP contribution in [0.1, 0.15) is 42.5 Å². The van der Waals surface area contributed by atoms with Crippen LogP contribution in [0.2, 0.25) is 0 Å². The standard InChI is InChI=1S/C20H21F3N4O3/c1-12-2-4-15(5-3-12)27-11-14(10-16(27)28)18(29)26-8-6-13(7-9-26)17-24-25-19(30-17)20(21,22)23/h2-5,13-14H,6-11H2,1H3. The van der Waals surface area contributed by atoms with Crippen molar-refractivity contribution in [3.63, 3.8) is 0 Å². The van der Waals surface area contributed by atoms with Gasteiger partial charge in [0.25, 0.3) is 0 Å². The summed E-state index contributed by atoms with van der Waals surface area (Å²) in [6.45, 7) is 3.05. The van der Waals surface area contributed by atoms with Gasteiger partial charge in [-0.25, -0.2) is 0 Å². The van der Waals surface area contributed by atoms with Gasteiger partial charge < -0.3 is 14.2 Å². The van der Waals surface area contributed by atoms with Crippen molar-refractivity contribution < 1.29 is 27.2 Å². The van der Waals surface area contributed by atoms with E-state index in [0.717, 1.165) is 11.3 Å². The molecule has 3 heterocycles. The number of aromatic nitrogens is 2. The quantitative estimate of drug-likeness (QED) is 0.759. The van der Waals surface area contributed by atoms with Crippen molar-refractivity contribution in [2.45, 2.75) is 38.3 Å². The van der Waals surface area contributed by atoms with Crippen LogP contribution < -0.4 is 4.90 Å². The Morgan fingerprint density at radius 2 is 1.80 bits per heavy atom. The van der Waals surface area contributed by atoms with E-state index in [-0.39, 0.29) is 30.0 Å². The van der Waals surface area contributed by atoms with E-state index in [4.69, 9.17) is 4.42 Å². The summed E-state index contributed by atoms with van der Waals surface area (Å²) in [5, 5.41) is 6.59. The molecule has 1 atom stereocenters. The molecule has 30 heavy (non-hydrogen) atoms. The van der Waals surface area contributed by atoms with Gasteiger partial charge in [0, 0.05) is 37.7 Å². The summed E-state index contributed by atoms with van der Waals surface area (Å²) in [5.41, 5.74) is 1.86. The van der Waals surface area contributed by atoms with Crippen molar-refractivity contribution in [2.24, 2.45) is 5.92 Å². The molecule has 0 bridgehead atoms. The van der Waals surface area contributed by atoms with Gasteiger partial charge in [0.2, 0.25) is 17.7 Å². The van der Waals surface area contributed by atoms with E-state index in [1.807, 2.05) is 31.2 Å². The number of anilines is 1. The molecular weight excluding hydrogens is 401 g/mol. The second-order valence-electron chi connectivity index (χ2n) is 7.78. The minimum atomic E-state index is -4.67. The monoisotopic (exact) mass is 422 g/mol. The summed E-state index contributed by atoms with van der Waals surface area (Å²) in [6.07, 6.45) is -3.63. The molecule has 2 aliphatic rings. The Labute approximate surface area is 170 Å². The van der Waals surface area contributed by atoms with Crippen LogP contribution in [0.4, 0.5) is 18.9 Å². The van der Waals surface area contributed by atoms with E-state index < -0.39 is 18.0 Å². The Hall–Kier alpha value is -2.91. The van der Waals surface area contributed by atoms with Gasteiger partial charge in [-0.2, -0.15) is 13.2 Å². The third-order valence-corrected chi connectivity index (χ3v) is 5.66. The molecule has 7 nitrogen and oxygen atoms in total. The van der Waals surface area contributed by atoms with E-state index in [9.17, 15) is 22.8 Å². The van der Waals surface area contributed by atoms with Gasteiger partial charge in [-0.1, -0.05) is 17.7 Å². The largest absolute Gasteiger partial charge is 0.470 e. The highest BCUT2D eigenvalue weighted by Gasteiger charge is 2.41. The molecule has 2 aromatic rings. The molecule has 0 radical (unpaired) electrons.